The molecule has 1 aromatic heterocycles. The van der Waals surface area contributed by atoms with Crippen LogP contribution >= 0.6 is 24.0 Å². The van der Waals surface area contributed by atoms with E-state index in [1.54, 1.807) is 13.0 Å². The van der Waals surface area contributed by atoms with Crippen LogP contribution < -0.4 is 16.0 Å². The molecule has 0 spiro atoms. The molecule has 1 atom stereocenters. The first-order valence-electron chi connectivity index (χ1n) is 9.51. The van der Waals surface area contributed by atoms with Crippen LogP contribution in [0.4, 0.5) is 0 Å². The van der Waals surface area contributed by atoms with Gasteiger partial charge in [-0.05, 0) is 45.7 Å². The normalized spacial score (nSPS) is 17.6. The Bertz CT molecular complexity index is 610. The molecule has 1 unspecified atom stereocenters. The number of guanidine groups is 1. The first kappa shape index (κ1) is 23.7. The van der Waals surface area contributed by atoms with Gasteiger partial charge in [-0.15, -0.1) is 24.0 Å². The van der Waals surface area contributed by atoms with Crippen molar-refractivity contribution in [1.29, 1.82) is 0 Å². The number of hydrogen-bond acceptors (Lipinski definition) is 4. The molecule has 0 aliphatic heterocycles. The van der Waals surface area contributed by atoms with E-state index in [9.17, 15) is 9.90 Å². The second-order valence-corrected chi connectivity index (χ2v) is 7.14. The second-order valence-electron chi connectivity index (χ2n) is 7.14. The van der Waals surface area contributed by atoms with Gasteiger partial charge >= 0.3 is 0 Å². The van der Waals surface area contributed by atoms with Gasteiger partial charge in [-0.3, -0.25) is 4.79 Å². The Hall–Kier alpha value is -1.29. The number of nitrogens with one attached hydrogen (secondary N) is 3. The SMILES string of the molecule is CCNC(=NCC(=O)NC1CCCCC1)NCC(C)(O)c1ccc(C)o1.I. The number of aryl methyl sites for hydroxylation is 1. The van der Waals surface area contributed by atoms with Crippen LogP contribution in [0.3, 0.4) is 0 Å². The van der Waals surface area contributed by atoms with Crippen molar-refractivity contribution in [3.8, 4) is 0 Å². The maximum Gasteiger partial charge on any atom is 0.242 e. The van der Waals surface area contributed by atoms with Gasteiger partial charge < -0.3 is 25.5 Å². The molecule has 1 heterocycles. The smallest absolute Gasteiger partial charge is 0.242 e. The number of carbonyl (C=O) groups is 1. The summed E-state index contributed by atoms with van der Waals surface area (Å²) in [6.45, 7) is 6.41. The van der Waals surface area contributed by atoms with Crippen molar-refractivity contribution >= 4 is 35.8 Å². The molecule has 1 saturated carbocycles. The average Bonchev–Trinajstić information content (AvgIpc) is 3.06. The van der Waals surface area contributed by atoms with Crippen molar-refractivity contribution in [2.24, 2.45) is 4.99 Å². The highest BCUT2D eigenvalue weighted by molar-refractivity contribution is 14.0. The molecule has 1 fully saturated rings. The summed E-state index contributed by atoms with van der Waals surface area (Å²) < 4.78 is 5.51. The van der Waals surface area contributed by atoms with Crippen molar-refractivity contribution in [1.82, 2.24) is 16.0 Å². The van der Waals surface area contributed by atoms with Crippen molar-refractivity contribution in [3.05, 3.63) is 23.7 Å². The predicted octanol–water partition coefficient (Wildman–Crippen LogP) is 2.42. The van der Waals surface area contributed by atoms with Crippen LogP contribution in [0.25, 0.3) is 0 Å². The van der Waals surface area contributed by atoms with Gasteiger partial charge in [0.2, 0.25) is 5.91 Å². The molecule has 0 radical (unpaired) electrons. The summed E-state index contributed by atoms with van der Waals surface area (Å²) in [6, 6.07) is 3.86. The summed E-state index contributed by atoms with van der Waals surface area (Å²) in [5, 5.41) is 19.8. The highest BCUT2D eigenvalue weighted by Gasteiger charge is 2.27. The highest BCUT2D eigenvalue weighted by atomic mass is 127. The summed E-state index contributed by atoms with van der Waals surface area (Å²) in [4.78, 5) is 16.4. The largest absolute Gasteiger partial charge is 0.463 e. The Labute approximate surface area is 178 Å². The van der Waals surface area contributed by atoms with Gasteiger partial charge in [0.05, 0.1) is 6.54 Å². The minimum absolute atomic E-state index is 0. The van der Waals surface area contributed by atoms with Crippen molar-refractivity contribution in [2.75, 3.05) is 19.6 Å². The van der Waals surface area contributed by atoms with Crippen LogP contribution in [-0.2, 0) is 10.4 Å². The minimum Gasteiger partial charge on any atom is -0.463 e. The third-order valence-electron chi connectivity index (χ3n) is 4.57. The molecule has 0 saturated heterocycles. The summed E-state index contributed by atoms with van der Waals surface area (Å²) in [5.74, 6) is 1.67. The van der Waals surface area contributed by atoms with E-state index in [-0.39, 0.29) is 49.0 Å². The first-order chi connectivity index (χ1) is 12.4. The molecule has 8 heteroatoms. The predicted molar refractivity (Wildman–Crippen MR) is 117 cm³/mol. The van der Waals surface area contributed by atoms with E-state index < -0.39 is 5.60 Å². The van der Waals surface area contributed by atoms with Crippen LogP contribution in [0, 0.1) is 6.92 Å². The van der Waals surface area contributed by atoms with E-state index in [0.717, 1.165) is 18.6 Å². The topological polar surface area (TPSA) is 98.9 Å². The van der Waals surface area contributed by atoms with Crippen LogP contribution in [-0.4, -0.2) is 42.6 Å². The fourth-order valence-corrected chi connectivity index (χ4v) is 3.08. The second kappa shape index (κ2) is 11.5. The van der Waals surface area contributed by atoms with Crippen molar-refractivity contribution in [3.63, 3.8) is 0 Å². The average molecular weight is 492 g/mol. The molecule has 27 heavy (non-hydrogen) atoms. The number of nitrogens with zero attached hydrogens (tertiary/aromatic N) is 1. The van der Waals surface area contributed by atoms with E-state index in [1.807, 2.05) is 19.9 Å². The Morgan fingerprint density at radius 3 is 2.59 bits per heavy atom. The van der Waals surface area contributed by atoms with E-state index in [1.165, 1.54) is 19.3 Å². The monoisotopic (exact) mass is 492 g/mol. The van der Waals surface area contributed by atoms with Gasteiger partial charge in [-0.25, -0.2) is 4.99 Å². The van der Waals surface area contributed by atoms with Gasteiger partial charge in [0.15, 0.2) is 5.96 Å². The van der Waals surface area contributed by atoms with E-state index in [4.69, 9.17) is 4.42 Å². The van der Waals surface area contributed by atoms with Crippen molar-refractivity contribution < 1.29 is 14.3 Å². The lowest BCUT2D eigenvalue weighted by Gasteiger charge is -2.23. The Balaban J connectivity index is 0.00000364. The first-order valence-corrected chi connectivity index (χ1v) is 9.51. The molecular weight excluding hydrogens is 459 g/mol. The molecule has 0 bridgehead atoms. The van der Waals surface area contributed by atoms with Crippen molar-refractivity contribution in [2.45, 2.75) is 64.5 Å². The van der Waals surface area contributed by atoms with Crippen LogP contribution in [0.5, 0.6) is 0 Å². The standard InChI is InChI=1S/C19H32N4O3.HI/c1-4-20-18(21-12-17(24)23-15-8-6-5-7-9-15)22-13-19(3,25)16-11-10-14(2)26-16;/h10-11,15,25H,4-9,12-13H2,1-3H3,(H,23,24)(H2,20,21,22);1H. The molecule has 7 nitrogen and oxygen atoms in total. The van der Waals surface area contributed by atoms with Gasteiger partial charge in [0, 0.05) is 12.6 Å². The van der Waals surface area contributed by atoms with Crippen LogP contribution in [0.15, 0.2) is 21.5 Å². The summed E-state index contributed by atoms with van der Waals surface area (Å²) in [5.41, 5.74) is -1.17. The zero-order valence-corrected chi connectivity index (χ0v) is 18.8. The molecule has 4 N–H and O–H groups in total. The number of halogens is 1. The Morgan fingerprint density at radius 1 is 1.30 bits per heavy atom. The molecule has 1 aromatic rings. The molecule has 1 aliphatic rings. The third-order valence-corrected chi connectivity index (χ3v) is 4.57. The minimum atomic E-state index is -1.17. The molecule has 2 rings (SSSR count). The maximum absolute atomic E-state index is 12.1. The number of rotatable bonds is 7. The summed E-state index contributed by atoms with van der Waals surface area (Å²) >= 11 is 0. The number of aliphatic imine (C=N–C) groups is 1. The number of furan rings is 1. The molecule has 1 amide bonds. The Morgan fingerprint density at radius 2 is 2.00 bits per heavy atom. The van der Waals surface area contributed by atoms with Gasteiger partial charge in [-0.1, -0.05) is 19.3 Å². The number of amides is 1. The van der Waals surface area contributed by atoms with Crippen LogP contribution in [0.1, 0.15) is 57.5 Å². The zero-order chi connectivity index (χ0) is 19.0. The summed E-state index contributed by atoms with van der Waals surface area (Å²) in [7, 11) is 0. The summed E-state index contributed by atoms with van der Waals surface area (Å²) in [6.07, 6.45) is 5.73. The zero-order valence-electron chi connectivity index (χ0n) is 16.5. The maximum atomic E-state index is 12.1. The molecule has 154 valence electrons. The van der Waals surface area contributed by atoms with Gasteiger partial charge in [0.25, 0.3) is 0 Å². The lowest BCUT2D eigenvalue weighted by Crippen LogP contribution is -2.45. The Kier molecular flexibility index (Phi) is 10.1. The molecule has 1 aliphatic carbocycles. The lowest BCUT2D eigenvalue weighted by molar-refractivity contribution is -0.120. The fraction of sp³-hybridized carbons (Fsp3) is 0.684. The molecular formula is C19H33IN4O3. The van der Waals surface area contributed by atoms with Crippen LogP contribution in [0.2, 0.25) is 0 Å². The molecule has 0 aromatic carbocycles. The van der Waals surface area contributed by atoms with Gasteiger partial charge in [-0.2, -0.15) is 0 Å². The number of carbonyl (C=O) groups excluding carboxylic acids is 1. The van der Waals surface area contributed by atoms with E-state index in [0.29, 0.717) is 18.3 Å². The van der Waals surface area contributed by atoms with Gasteiger partial charge in [0.1, 0.15) is 23.7 Å². The highest BCUT2D eigenvalue weighted by Crippen LogP contribution is 2.21. The number of aliphatic hydroxyl groups is 1. The van der Waals surface area contributed by atoms with E-state index >= 15 is 0 Å². The number of hydrogen-bond donors (Lipinski definition) is 4. The fourth-order valence-electron chi connectivity index (χ4n) is 3.08. The quantitative estimate of drug-likeness (QED) is 0.266. The third kappa shape index (κ3) is 8.08. The van der Waals surface area contributed by atoms with E-state index in [2.05, 4.69) is 20.9 Å². The lowest BCUT2D eigenvalue weighted by atomic mass is 9.95.